The Morgan fingerprint density at radius 1 is 1.39 bits per heavy atom. The molecule has 5 nitrogen and oxygen atoms in total. The Balaban J connectivity index is 2.05. The van der Waals surface area contributed by atoms with Crippen molar-refractivity contribution in [1.82, 2.24) is 10.1 Å². The monoisotopic (exact) mass is 248 g/mol. The highest BCUT2D eigenvalue weighted by atomic mass is 16.5. The van der Waals surface area contributed by atoms with Crippen molar-refractivity contribution < 1.29 is 14.4 Å². The van der Waals surface area contributed by atoms with E-state index in [0.29, 0.717) is 17.5 Å². The van der Waals surface area contributed by atoms with Crippen LogP contribution in [0, 0.1) is 0 Å². The first-order chi connectivity index (χ1) is 8.70. The van der Waals surface area contributed by atoms with E-state index in [1.165, 1.54) is 0 Å². The predicted octanol–water partition coefficient (Wildman–Crippen LogP) is 2.26. The van der Waals surface area contributed by atoms with Crippen LogP contribution in [0.25, 0.3) is 0 Å². The second-order valence-electron chi connectivity index (χ2n) is 3.96. The van der Waals surface area contributed by atoms with Crippen LogP contribution < -0.4 is 4.74 Å². The molecule has 1 heterocycles. The summed E-state index contributed by atoms with van der Waals surface area (Å²) < 4.78 is 10.6. The van der Waals surface area contributed by atoms with Gasteiger partial charge in [0.05, 0.1) is 6.10 Å². The number of benzene rings is 1. The van der Waals surface area contributed by atoms with Gasteiger partial charge in [-0.25, -0.2) is 0 Å². The van der Waals surface area contributed by atoms with Crippen molar-refractivity contribution in [2.75, 3.05) is 0 Å². The molecule has 1 aromatic heterocycles. The Morgan fingerprint density at radius 3 is 2.83 bits per heavy atom. The van der Waals surface area contributed by atoms with Crippen LogP contribution in [0.4, 0.5) is 0 Å². The number of aliphatic hydroxyl groups excluding tert-OH is 1. The van der Waals surface area contributed by atoms with Crippen molar-refractivity contribution >= 4 is 0 Å². The van der Waals surface area contributed by atoms with Gasteiger partial charge in [0.15, 0.2) is 12.4 Å². The van der Waals surface area contributed by atoms with Crippen molar-refractivity contribution in [2.24, 2.45) is 0 Å². The maximum atomic E-state index is 9.61. The fraction of sp³-hybridized carbons (Fsp3) is 0.385. The van der Waals surface area contributed by atoms with E-state index in [2.05, 4.69) is 10.1 Å². The number of rotatable bonds is 5. The van der Waals surface area contributed by atoms with E-state index in [4.69, 9.17) is 9.26 Å². The highest BCUT2D eigenvalue weighted by Gasteiger charge is 2.10. The molecule has 0 bridgehead atoms. The minimum atomic E-state index is -0.574. The van der Waals surface area contributed by atoms with Gasteiger partial charge in [-0.1, -0.05) is 30.3 Å². The number of hydrogen-bond acceptors (Lipinski definition) is 5. The lowest BCUT2D eigenvalue weighted by Gasteiger charge is -2.11. The minimum absolute atomic E-state index is 0.205. The SMILES string of the molecule is CCc1noc(COc2ccccc2[C@@H](C)O)n1. The van der Waals surface area contributed by atoms with Gasteiger partial charge in [-0.15, -0.1) is 0 Å². The topological polar surface area (TPSA) is 68.4 Å². The molecule has 0 aliphatic heterocycles. The summed E-state index contributed by atoms with van der Waals surface area (Å²) in [5, 5.41) is 13.4. The minimum Gasteiger partial charge on any atom is -0.483 e. The third kappa shape index (κ3) is 2.87. The molecule has 96 valence electrons. The smallest absolute Gasteiger partial charge is 0.264 e. The van der Waals surface area contributed by atoms with Gasteiger partial charge < -0.3 is 14.4 Å². The van der Waals surface area contributed by atoms with E-state index < -0.39 is 6.10 Å². The highest BCUT2D eigenvalue weighted by Crippen LogP contribution is 2.25. The summed E-state index contributed by atoms with van der Waals surface area (Å²) in [6.45, 7) is 3.86. The Labute approximate surface area is 105 Å². The number of nitrogens with zero attached hydrogens (tertiary/aromatic N) is 2. The van der Waals surface area contributed by atoms with Crippen LogP contribution in [-0.4, -0.2) is 15.2 Å². The summed E-state index contributed by atoms with van der Waals surface area (Å²) in [5.41, 5.74) is 0.743. The molecule has 0 saturated carbocycles. The number of ether oxygens (including phenoxy) is 1. The number of aryl methyl sites for hydroxylation is 1. The van der Waals surface area contributed by atoms with E-state index in [-0.39, 0.29) is 6.61 Å². The van der Waals surface area contributed by atoms with Gasteiger partial charge in [0.1, 0.15) is 5.75 Å². The summed E-state index contributed by atoms with van der Waals surface area (Å²) in [6, 6.07) is 7.34. The quantitative estimate of drug-likeness (QED) is 0.879. The number of hydrogen-bond donors (Lipinski definition) is 1. The van der Waals surface area contributed by atoms with Gasteiger partial charge in [-0.3, -0.25) is 0 Å². The zero-order chi connectivity index (χ0) is 13.0. The van der Waals surface area contributed by atoms with Crippen LogP contribution in [0.15, 0.2) is 28.8 Å². The molecule has 0 aliphatic carbocycles. The Kier molecular flexibility index (Phi) is 3.94. The Bertz CT molecular complexity index is 508. The second-order valence-corrected chi connectivity index (χ2v) is 3.96. The van der Waals surface area contributed by atoms with E-state index in [0.717, 1.165) is 12.0 Å². The normalized spacial score (nSPS) is 12.4. The molecule has 0 radical (unpaired) electrons. The largest absolute Gasteiger partial charge is 0.483 e. The second kappa shape index (κ2) is 5.64. The third-order valence-corrected chi connectivity index (χ3v) is 2.55. The standard InChI is InChI=1S/C13H16N2O3/c1-3-12-14-13(18-15-12)8-17-11-7-5-4-6-10(11)9(2)16/h4-7,9,16H,3,8H2,1-2H3/t9-/m1/s1. The van der Waals surface area contributed by atoms with Crippen molar-refractivity contribution in [2.45, 2.75) is 33.0 Å². The number of aliphatic hydroxyl groups is 1. The fourth-order valence-corrected chi connectivity index (χ4v) is 1.59. The van der Waals surface area contributed by atoms with Crippen LogP contribution in [-0.2, 0) is 13.0 Å². The maximum absolute atomic E-state index is 9.61. The zero-order valence-electron chi connectivity index (χ0n) is 10.5. The molecule has 0 spiro atoms. The molecule has 1 atom stereocenters. The van der Waals surface area contributed by atoms with Gasteiger partial charge in [-0.05, 0) is 13.0 Å². The molecule has 1 N–H and O–H groups in total. The maximum Gasteiger partial charge on any atom is 0.264 e. The van der Waals surface area contributed by atoms with Crippen molar-refractivity contribution in [3.05, 3.63) is 41.5 Å². The molecule has 5 heteroatoms. The molecular formula is C13H16N2O3. The lowest BCUT2D eigenvalue weighted by Crippen LogP contribution is -2.01. The number of aromatic nitrogens is 2. The van der Waals surface area contributed by atoms with Gasteiger partial charge in [0.2, 0.25) is 0 Å². The number of para-hydroxylation sites is 1. The first-order valence-electron chi connectivity index (χ1n) is 5.92. The molecule has 18 heavy (non-hydrogen) atoms. The predicted molar refractivity (Wildman–Crippen MR) is 65.1 cm³/mol. The highest BCUT2D eigenvalue weighted by molar-refractivity contribution is 5.34. The van der Waals surface area contributed by atoms with Crippen LogP contribution >= 0.6 is 0 Å². The molecule has 0 amide bonds. The first kappa shape index (κ1) is 12.6. The van der Waals surface area contributed by atoms with Gasteiger partial charge in [-0.2, -0.15) is 4.98 Å². The average molecular weight is 248 g/mol. The molecule has 0 aliphatic rings. The molecule has 0 saturated heterocycles. The molecular weight excluding hydrogens is 232 g/mol. The summed E-state index contributed by atoms with van der Waals surface area (Å²) >= 11 is 0. The van der Waals surface area contributed by atoms with Gasteiger partial charge in [0.25, 0.3) is 5.89 Å². The van der Waals surface area contributed by atoms with Crippen LogP contribution in [0.2, 0.25) is 0 Å². The molecule has 0 unspecified atom stereocenters. The first-order valence-corrected chi connectivity index (χ1v) is 5.92. The van der Waals surface area contributed by atoms with Gasteiger partial charge in [0, 0.05) is 12.0 Å². The summed E-state index contributed by atoms with van der Waals surface area (Å²) in [5.74, 6) is 1.73. The lowest BCUT2D eigenvalue weighted by molar-refractivity contribution is 0.185. The van der Waals surface area contributed by atoms with Crippen LogP contribution in [0.3, 0.4) is 0 Å². The molecule has 1 aromatic carbocycles. The zero-order valence-corrected chi connectivity index (χ0v) is 10.5. The van der Waals surface area contributed by atoms with E-state index >= 15 is 0 Å². The molecule has 2 aromatic rings. The van der Waals surface area contributed by atoms with E-state index in [1.54, 1.807) is 13.0 Å². The van der Waals surface area contributed by atoms with Crippen LogP contribution in [0.1, 0.15) is 37.2 Å². The molecule has 0 fully saturated rings. The third-order valence-electron chi connectivity index (χ3n) is 2.55. The average Bonchev–Trinajstić information content (AvgIpc) is 2.84. The summed E-state index contributed by atoms with van der Waals surface area (Å²) in [7, 11) is 0. The van der Waals surface area contributed by atoms with Crippen molar-refractivity contribution in [1.29, 1.82) is 0 Å². The van der Waals surface area contributed by atoms with Gasteiger partial charge >= 0.3 is 0 Å². The molecule has 2 rings (SSSR count). The lowest BCUT2D eigenvalue weighted by atomic mass is 10.1. The summed E-state index contributed by atoms with van der Waals surface area (Å²) in [4.78, 5) is 4.15. The van der Waals surface area contributed by atoms with Crippen LogP contribution in [0.5, 0.6) is 5.75 Å². The van der Waals surface area contributed by atoms with E-state index in [9.17, 15) is 5.11 Å². The summed E-state index contributed by atoms with van der Waals surface area (Å²) in [6.07, 6.45) is 0.156. The van der Waals surface area contributed by atoms with Crippen molar-refractivity contribution in [3.63, 3.8) is 0 Å². The van der Waals surface area contributed by atoms with Crippen molar-refractivity contribution in [3.8, 4) is 5.75 Å². The Hall–Kier alpha value is -1.88. The Morgan fingerprint density at radius 2 is 2.17 bits per heavy atom. The fourth-order valence-electron chi connectivity index (χ4n) is 1.59. The van der Waals surface area contributed by atoms with E-state index in [1.807, 2.05) is 25.1 Å².